The van der Waals surface area contributed by atoms with Gasteiger partial charge in [0.25, 0.3) is 0 Å². The van der Waals surface area contributed by atoms with Gasteiger partial charge < -0.3 is 15.7 Å². The van der Waals surface area contributed by atoms with Crippen LogP contribution in [0.15, 0.2) is 30.3 Å². The largest absolute Gasteiger partial charge is 0.489 e. The van der Waals surface area contributed by atoms with Gasteiger partial charge in [0.15, 0.2) is 0 Å². The Labute approximate surface area is 128 Å². The van der Waals surface area contributed by atoms with E-state index in [0.717, 1.165) is 5.75 Å². The Balaban J connectivity index is -0.000000302. The van der Waals surface area contributed by atoms with Gasteiger partial charge in [-0.1, -0.05) is 24.3 Å². The maximum absolute atomic E-state index is 5.34. The first-order valence-corrected chi connectivity index (χ1v) is 3.35. The van der Waals surface area contributed by atoms with Gasteiger partial charge in [-0.2, -0.15) is 0 Å². The molecule has 0 fully saturated rings. The predicted molar refractivity (Wildman–Crippen MR) is 59.7 cm³/mol. The van der Waals surface area contributed by atoms with Crippen molar-refractivity contribution in [2.75, 3.05) is 6.61 Å². The molecule has 1 aromatic rings. The smallest absolute Gasteiger partial charge is 0.126 e. The molecule has 0 atom stereocenters. The van der Waals surface area contributed by atoms with E-state index in [4.69, 9.17) is 4.74 Å². The summed E-state index contributed by atoms with van der Waals surface area (Å²) in [5, 5.41) is 0. The molecule has 0 aromatic heterocycles. The van der Waals surface area contributed by atoms with Gasteiger partial charge in [0.2, 0.25) is 0 Å². The van der Waals surface area contributed by atoms with Crippen molar-refractivity contribution in [3.8, 4) is 5.75 Å². The van der Waals surface area contributed by atoms with Crippen molar-refractivity contribution in [3.63, 3.8) is 0 Å². The molecule has 0 amide bonds. The Morgan fingerprint density at radius 3 is 2.29 bits per heavy atom. The second-order valence-corrected chi connectivity index (χ2v) is 2.25. The van der Waals surface area contributed by atoms with Gasteiger partial charge in [-0.3, -0.25) is 0 Å². The minimum Gasteiger partial charge on any atom is -0.489 e. The Kier molecular flexibility index (Phi) is 14.7. The average molecular weight is 214 g/mol. The third kappa shape index (κ3) is 4.96. The molecule has 1 heterocycles. The Morgan fingerprint density at radius 1 is 1.00 bits per heavy atom. The van der Waals surface area contributed by atoms with Crippen LogP contribution < -0.4 is 4.74 Å². The summed E-state index contributed by atoms with van der Waals surface area (Å²) in [5.41, 5.74) is 1.17. The monoisotopic (exact) mass is 214 g/mol. The summed E-state index contributed by atoms with van der Waals surface area (Å²) in [6.45, 7) is 0.705. The zero-order valence-corrected chi connectivity index (χ0v) is 12.6. The van der Waals surface area contributed by atoms with Crippen LogP contribution in [0.2, 0.25) is 0 Å². The fourth-order valence-corrected chi connectivity index (χ4v) is 1.06. The number of para-hydroxylation sites is 1. The fourth-order valence-electron chi connectivity index (χ4n) is 1.06. The molecule has 2 radical (unpaired) electrons. The number of hydrogen-bond acceptors (Lipinski definition) is 1. The molecule has 14 heavy (non-hydrogen) atoms. The van der Waals surface area contributed by atoms with Gasteiger partial charge in [-0.05, 0) is 12.1 Å². The molecule has 4 N–H and O–H groups in total. The maximum atomic E-state index is 5.34. The van der Waals surface area contributed by atoms with Crippen molar-refractivity contribution in [2.24, 2.45) is 0 Å². The second-order valence-electron chi connectivity index (χ2n) is 2.25. The number of benzene rings is 1. The molecule has 5 heteroatoms. The van der Waals surface area contributed by atoms with Crippen molar-refractivity contribution in [3.05, 3.63) is 35.9 Å². The van der Waals surface area contributed by atoms with Crippen LogP contribution in [-0.2, 0) is 0 Å². The van der Waals surface area contributed by atoms with Crippen LogP contribution in [0.5, 0.6) is 5.75 Å². The Hall–Kier alpha value is 0.680. The first kappa shape index (κ1) is 20.1. The number of ether oxygens (including phenoxy) is 1. The van der Waals surface area contributed by atoms with Crippen LogP contribution in [0.3, 0.4) is 0 Å². The van der Waals surface area contributed by atoms with E-state index in [-0.39, 0.29) is 70.1 Å². The quantitative estimate of drug-likeness (QED) is 0.545. The Morgan fingerprint density at radius 2 is 1.64 bits per heavy atom. The predicted octanol–water partition coefficient (Wildman–Crippen LogP) is -0.319. The van der Waals surface area contributed by atoms with Gasteiger partial charge >= 0.3 is 0 Å². The van der Waals surface area contributed by atoms with E-state index in [9.17, 15) is 0 Å². The molecule has 0 saturated carbocycles. The van der Waals surface area contributed by atoms with E-state index in [1.165, 1.54) is 5.56 Å². The molecule has 1 aromatic carbocycles. The van der Waals surface area contributed by atoms with E-state index < -0.39 is 0 Å². The zero-order chi connectivity index (χ0) is 6.81. The van der Waals surface area contributed by atoms with E-state index in [1.54, 1.807) is 0 Å². The average Bonchev–Trinajstić information content (AvgIpc) is 2.05. The van der Waals surface area contributed by atoms with E-state index >= 15 is 0 Å². The summed E-state index contributed by atoms with van der Waals surface area (Å²) in [6.07, 6.45) is 4.10. The fraction of sp³-hybridized carbons (Fsp3) is 0.111. The third-order valence-corrected chi connectivity index (χ3v) is 1.55. The van der Waals surface area contributed by atoms with Gasteiger partial charge in [0, 0.05) is 64.7 Å². The summed E-state index contributed by atoms with van der Waals surface area (Å²) in [7, 11) is 0. The van der Waals surface area contributed by atoms with Crippen molar-refractivity contribution in [2.45, 2.75) is 0 Å². The van der Waals surface area contributed by atoms with E-state index in [1.807, 2.05) is 30.3 Å². The summed E-state index contributed by atoms with van der Waals surface area (Å²) in [6, 6.07) is 8.03. The molecule has 0 spiro atoms. The number of fused-ring (bicyclic) bond motifs is 1. The molecular formula is C9H12Na2O3. The molecule has 2 rings (SSSR count). The number of rotatable bonds is 0. The standard InChI is InChI=1S/C9H8O.2Na.2H2O/c1-2-6-9-8(4-1)5-3-7-10-9;;;;/h1-6H,7H2;;;2*1H2. The molecule has 0 aliphatic carbocycles. The first-order valence-electron chi connectivity index (χ1n) is 3.35. The van der Waals surface area contributed by atoms with Crippen LogP contribution in [0.25, 0.3) is 6.08 Å². The van der Waals surface area contributed by atoms with Crippen molar-refractivity contribution >= 4 is 65.2 Å². The van der Waals surface area contributed by atoms with E-state index in [2.05, 4.69) is 6.08 Å². The second kappa shape index (κ2) is 10.2. The van der Waals surface area contributed by atoms with Gasteiger partial charge in [-0.25, -0.2) is 0 Å². The van der Waals surface area contributed by atoms with Crippen LogP contribution in [0.4, 0.5) is 0 Å². The molecule has 1 aliphatic heterocycles. The molecule has 1 aliphatic rings. The van der Waals surface area contributed by atoms with Gasteiger partial charge in [-0.15, -0.1) is 0 Å². The third-order valence-electron chi connectivity index (χ3n) is 1.55. The van der Waals surface area contributed by atoms with Crippen molar-refractivity contribution in [1.82, 2.24) is 0 Å². The molecular weight excluding hydrogens is 202 g/mol. The SMILES string of the molecule is C1=Cc2ccccc2OC1.O.O.[Na].[Na]. The molecule has 68 valence electrons. The van der Waals surface area contributed by atoms with Crippen LogP contribution >= 0.6 is 0 Å². The summed E-state index contributed by atoms with van der Waals surface area (Å²) in [4.78, 5) is 0. The minimum absolute atomic E-state index is 0. The van der Waals surface area contributed by atoms with E-state index in [0.29, 0.717) is 6.61 Å². The van der Waals surface area contributed by atoms with Crippen molar-refractivity contribution in [1.29, 1.82) is 0 Å². The first-order chi connectivity index (χ1) is 4.97. The molecule has 3 nitrogen and oxygen atoms in total. The summed E-state index contributed by atoms with van der Waals surface area (Å²) in [5.74, 6) is 0.991. The maximum Gasteiger partial charge on any atom is 0.126 e. The minimum atomic E-state index is 0. The summed E-state index contributed by atoms with van der Waals surface area (Å²) < 4.78 is 5.34. The van der Waals surface area contributed by atoms with Crippen LogP contribution in [0, 0.1) is 0 Å². The molecule has 0 unspecified atom stereocenters. The Bertz CT molecular complexity index is 277. The summed E-state index contributed by atoms with van der Waals surface area (Å²) >= 11 is 0. The molecule has 0 bridgehead atoms. The zero-order valence-electron chi connectivity index (χ0n) is 8.58. The topological polar surface area (TPSA) is 72.2 Å². The van der Waals surface area contributed by atoms with Gasteiger partial charge in [0.1, 0.15) is 12.4 Å². The van der Waals surface area contributed by atoms with Crippen LogP contribution in [-0.4, -0.2) is 76.7 Å². The van der Waals surface area contributed by atoms with Crippen LogP contribution in [0.1, 0.15) is 5.56 Å². The normalized spacial score (nSPS) is 10.0. The number of hydrogen-bond donors (Lipinski definition) is 0. The molecule has 0 saturated heterocycles. The van der Waals surface area contributed by atoms with Gasteiger partial charge in [0.05, 0.1) is 0 Å². The van der Waals surface area contributed by atoms with Crippen molar-refractivity contribution < 1.29 is 15.7 Å².